The van der Waals surface area contributed by atoms with E-state index in [0.29, 0.717) is 32.7 Å². The number of hydrogen-bond acceptors (Lipinski definition) is 4. The molecular formula is C13H24N2O4. The molecule has 1 saturated heterocycles. The van der Waals surface area contributed by atoms with Crippen LogP contribution in [-0.2, 0) is 14.3 Å². The molecule has 0 saturated carbocycles. The monoisotopic (exact) mass is 272 g/mol. The highest BCUT2D eigenvalue weighted by atomic mass is 16.5. The molecule has 0 aromatic carbocycles. The van der Waals surface area contributed by atoms with Crippen LogP contribution in [0.2, 0.25) is 0 Å². The smallest absolute Gasteiger partial charge is 0.223 e. The van der Waals surface area contributed by atoms with Crippen molar-refractivity contribution in [1.82, 2.24) is 10.2 Å². The fourth-order valence-corrected chi connectivity index (χ4v) is 2.12. The third kappa shape index (κ3) is 6.02. The molecule has 0 spiro atoms. The molecular weight excluding hydrogens is 248 g/mol. The number of morpholine rings is 1. The minimum atomic E-state index is -0.194. The van der Waals surface area contributed by atoms with E-state index < -0.39 is 0 Å². The Hall–Kier alpha value is -1.14. The number of ether oxygens (including phenoxy) is 1. The Bertz CT molecular complexity index is 296. The number of nitrogens with one attached hydrogen (secondary N) is 1. The van der Waals surface area contributed by atoms with Crippen LogP contribution in [0.3, 0.4) is 0 Å². The number of hydrogen-bond donors (Lipinski definition) is 2. The molecule has 0 aromatic heterocycles. The topological polar surface area (TPSA) is 78.9 Å². The van der Waals surface area contributed by atoms with Crippen LogP contribution in [0.15, 0.2) is 0 Å². The molecule has 19 heavy (non-hydrogen) atoms. The Morgan fingerprint density at radius 1 is 1.37 bits per heavy atom. The molecule has 0 aromatic rings. The molecule has 0 bridgehead atoms. The highest BCUT2D eigenvalue weighted by molar-refractivity contribution is 5.76. The van der Waals surface area contributed by atoms with E-state index in [2.05, 4.69) is 5.32 Å². The van der Waals surface area contributed by atoms with E-state index in [1.165, 1.54) is 6.92 Å². The van der Waals surface area contributed by atoms with Gasteiger partial charge in [0.15, 0.2) is 0 Å². The Labute approximate surface area is 114 Å². The van der Waals surface area contributed by atoms with Gasteiger partial charge in [-0.25, -0.2) is 0 Å². The SMILES string of the molecule is CC(=O)NCCCCCC(=O)N1CCOCC1CO. The highest BCUT2D eigenvalue weighted by Gasteiger charge is 2.25. The lowest BCUT2D eigenvalue weighted by Gasteiger charge is -2.34. The molecule has 6 heteroatoms. The van der Waals surface area contributed by atoms with E-state index in [0.717, 1.165) is 19.3 Å². The molecule has 1 heterocycles. The van der Waals surface area contributed by atoms with Gasteiger partial charge in [-0.05, 0) is 12.8 Å². The number of amides is 2. The van der Waals surface area contributed by atoms with Crippen LogP contribution in [0.4, 0.5) is 0 Å². The van der Waals surface area contributed by atoms with Crippen LogP contribution in [0.25, 0.3) is 0 Å². The van der Waals surface area contributed by atoms with E-state index in [1.807, 2.05) is 0 Å². The van der Waals surface area contributed by atoms with Crippen LogP contribution in [0.1, 0.15) is 32.6 Å². The van der Waals surface area contributed by atoms with Crippen LogP contribution in [0.5, 0.6) is 0 Å². The first-order valence-corrected chi connectivity index (χ1v) is 6.87. The van der Waals surface area contributed by atoms with E-state index in [1.54, 1.807) is 4.90 Å². The van der Waals surface area contributed by atoms with Crippen molar-refractivity contribution in [1.29, 1.82) is 0 Å². The molecule has 2 N–H and O–H groups in total. The summed E-state index contributed by atoms with van der Waals surface area (Å²) in [6.07, 6.45) is 3.12. The first-order valence-electron chi connectivity index (χ1n) is 6.87. The third-order valence-corrected chi connectivity index (χ3v) is 3.20. The van der Waals surface area contributed by atoms with Crippen LogP contribution >= 0.6 is 0 Å². The first-order chi connectivity index (χ1) is 9.15. The molecule has 110 valence electrons. The van der Waals surface area contributed by atoms with Crippen molar-refractivity contribution >= 4 is 11.8 Å². The van der Waals surface area contributed by atoms with E-state index in [9.17, 15) is 14.7 Å². The molecule has 0 aliphatic carbocycles. The van der Waals surface area contributed by atoms with Gasteiger partial charge in [-0.2, -0.15) is 0 Å². The fourth-order valence-electron chi connectivity index (χ4n) is 2.12. The number of carbonyl (C=O) groups excluding carboxylic acids is 2. The maximum absolute atomic E-state index is 12.0. The third-order valence-electron chi connectivity index (χ3n) is 3.20. The molecule has 1 aliphatic rings. The van der Waals surface area contributed by atoms with Gasteiger partial charge in [0.2, 0.25) is 11.8 Å². The second kappa shape index (κ2) is 8.87. The maximum atomic E-state index is 12.0. The molecule has 1 unspecified atom stereocenters. The summed E-state index contributed by atoms with van der Waals surface area (Å²) in [5.74, 6) is 0.0667. The van der Waals surface area contributed by atoms with Crippen molar-refractivity contribution in [2.24, 2.45) is 0 Å². The Morgan fingerprint density at radius 3 is 2.84 bits per heavy atom. The fraction of sp³-hybridized carbons (Fsp3) is 0.846. The van der Waals surface area contributed by atoms with Gasteiger partial charge in [-0.15, -0.1) is 0 Å². The Balaban J connectivity index is 2.14. The summed E-state index contributed by atoms with van der Waals surface area (Å²) in [7, 11) is 0. The number of carbonyl (C=O) groups is 2. The van der Waals surface area contributed by atoms with E-state index >= 15 is 0 Å². The highest BCUT2D eigenvalue weighted by Crippen LogP contribution is 2.10. The van der Waals surface area contributed by atoms with Gasteiger partial charge in [0.05, 0.1) is 25.9 Å². The summed E-state index contributed by atoms with van der Waals surface area (Å²) in [5, 5.41) is 11.9. The molecule has 1 atom stereocenters. The standard InChI is InChI=1S/C13H24N2O4/c1-11(17)14-6-4-2-3-5-13(18)15-7-8-19-10-12(15)9-16/h12,16H,2-10H2,1H3,(H,14,17). The van der Waals surface area contributed by atoms with Gasteiger partial charge < -0.3 is 20.1 Å². The summed E-state index contributed by atoms with van der Waals surface area (Å²) in [6.45, 7) is 3.65. The van der Waals surface area contributed by atoms with Crippen molar-refractivity contribution in [2.45, 2.75) is 38.6 Å². The lowest BCUT2D eigenvalue weighted by Crippen LogP contribution is -2.50. The molecule has 6 nitrogen and oxygen atoms in total. The lowest BCUT2D eigenvalue weighted by molar-refractivity contribution is -0.141. The lowest BCUT2D eigenvalue weighted by atomic mass is 10.1. The van der Waals surface area contributed by atoms with Crippen LogP contribution in [-0.4, -0.2) is 60.8 Å². The van der Waals surface area contributed by atoms with Gasteiger partial charge in [-0.1, -0.05) is 6.42 Å². The normalized spacial score (nSPS) is 19.3. The zero-order chi connectivity index (χ0) is 14.1. The average Bonchev–Trinajstić information content (AvgIpc) is 2.42. The van der Waals surface area contributed by atoms with Crippen molar-refractivity contribution in [2.75, 3.05) is 32.9 Å². The summed E-state index contributed by atoms with van der Waals surface area (Å²) in [6, 6.07) is -0.194. The number of aliphatic hydroxyl groups is 1. The van der Waals surface area contributed by atoms with Gasteiger partial charge in [0.25, 0.3) is 0 Å². The minimum Gasteiger partial charge on any atom is -0.394 e. The van der Waals surface area contributed by atoms with Crippen molar-refractivity contribution < 1.29 is 19.4 Å². The van der Waals surface area contributed by atoms with Gasteiger partial charge in [0, 0.05) is 26.4 Å². The van der Waals surface area contributed by atoms with Crippen molar-refractivity contribution in [3.8, 4) is 0 Å². The Morgan fingerprint density at radius 2 is 2.16 bits per heavy atom. The van der Waals surface area contributed by atoms with Gasteiger partial charge in [-0.3, -0.25) is 9.59 Å². The second-order valence-corrected chi connectivity index (χ2v) is 4.79. The van der Waals surface area contributed by atoms with Crippen LogP contribution in [0, 0.1) is 0 Å². The second-order valence-electron chi connectivity index (χ2n) is 4.79. The maximum Gasteiger partial charge on any atom is 0.223 e. The van der Waals surface area contributed by atoms with Gasteiger partial charge in [0.1, 0.15) is 0 Å². The van der Waals surface area contributed by atoms with Gasteiger partial charge >= 0.3 is 0 Å². The summed E-state index contributed by atoms with van der Waals surface area (Å²) < 4.78 is 5.24. The quantitative estimate of drug-likeness (QED) is 0.635. The molecule has 1 rings (SSSR count). The largest absolute Gasteiger partial charge is 0.394 e. The molecule has 2 amide bonds. The first kappa shape index (κ1) is 15.9. The van der Waals surface area contributed by atoms with Crippen LogP contribution < -0.4 is 5.32 Å². The zero-order valence-electron chi connectivity index (χ0n) is 11.6. The Kier molecular flexibility index (Phi) is 7.43. The summed E-state index contributed by atoms with van der Waals surface area (Å²) in [5.41, 5.74) is 0. The molecule has 0 radical (unpaired) electrons. The number of rotatable bonds is 7. The van der Waals surface area contributed by atoms with E-state index in [-0.39, 0.29) is 24.5 Å². The number of aliphatic hydroxyl groups excluding tert-OH is 1. The predicted octanol–water partition coefficient (Wildman–Crippen LogP) is -0.0974. The number of unbranched alkanes of at least 4 members (excludes halogenated alkanes) is 2. The minimum absolute atomic E-state index is 0.0184. The van der Waals surface area contributed by atoms with Crippen molar-refractivity contribution in [3.05, 3.63) is 0 Å². The van der Waals surface area contributed by atoms with Crippen molar-refractivity contribution in [3.63, 3.8) is 0 Å². The molecule has 1 fully saturated rings. The molecule has 1 aliphatic heterocycles. The predicted molar refractivity (Wildman–Crippen MR) is 70.6 cm³/mol. The van der Waals surface area contributed by atoms with E-state index in [4.69, 9.17) is 4.74 Å². The summed E-state index contributed by atoms with van der Waals surface area (Å²) >= 11 is 0. The number of nitrogens with zero attached hydrogens (tertiary/aromatic N) is 1. The average molecular weight is 272 g/mol. The zero-order valence-corrected chi connectivity index (χ0v) is 11.6. The summed E-state index contributed by atoms with van der Waals surface area (Å²) in [4.78, 5) is 24.4.